The molecule has 0 amide bonds. The van der Waals surface area contributed by atoms with Crippen LogP contribution < -0.4 is 0 Å². The quantitative estimate of drug-likeness (QED) is 0.787. The Morgan fingerprint density at radius 3 is 2.71 bits per heavy atom. The van der Waals surface area contributed by atoms with Crippen molar-refractivity contribution in [1.82, 2.24) is 4.90 Å². The predicted molar refractivity (Wildman–Crippen MR) is 63.9 cm³/mol. The number of alkyl halides is 1. The van der Waals surface area contributed by atoms with E-state index in [0.717, 1.165) is 24.8 Å². The van der Waals surface area contributed by atoms with Crippen molar-refractivity contribution in [2.75, 3.05) is 25.0 Å². The maximum atomic E-state index is 9.28. The molecule has 1 heterocycles. The summed E-state index contributed by atoms with van der Waals surface area (Å²) >= 11 is 3.55. The first kappa shape index (κ1) is 12.5. The molecule has 1 aliphatic heterocycles. The zero-order chi connectivity index (χ0) is 10.6. The van der Waals surface area contributed by atoms with Crippen LogP contribution in [0.5, 0.6) is 0 Å². The van der Waals surface area contributed by atoms with Gasteiger partial charge in [-0.05, 0) is 24.8 Å². The van der Waals surface area contributed by atoms with Gasteiger partial charge in [-0.1, -0.05) is 36.2 Å². The van der Waals surface area contributed by atoms with Crippen molar-refractivity contribution in [2.45, 2.75) is 39.2 Å². The van der Waals surface area contributed by atoms with Gasteiger partial charge in [0.25, 0.3) is 0 Å². The molecular weight excluding hydrogens is 242 g/mol. The monoisotopic (exact) mass is 263 g/mol. The molecule has 1 fully saturated rings. The van der Waals surface area contributed by atoms with Crippen molar-refractivity contribution < 1.29 is 5.11 Å². The third kappa shape index (κ3) is 3.52. The van der Waals surface area contributed by atoms with Gasteiger partial charge >= 0.3 is 0 Å². The second kappa shape index (κ2) is 5.47. The zero-order valence-corrected chi connectivity index (χ0v) is 10.9. The molecule has 0 aliphatic carbocycles. The van der Waals surface area contributed by atoms with Crippen molar-refractivity contribution in [1.29, 1.82) is 0 Å². The van der Waals surface area contributed by atoms with Crippen LogP contribution in [-0.4, -0.2) is 41.1 Å². The molecule has 0 bridgehead atoms. The van der Waals surface area contributed by atoms with Crippen molar-refractivity contribution >= 4 is 15.9 Å². The van der Waals surface area contributed by atoms with Gasteiger partial charge in [0.1, 0.15) is 0 Å². The Kier molecular flexibility index (Phi) is 4.88. The van der Waals surface area contributed by atoms with Crippen LogP contribution in [-0.2, 0) is 0 Å². The normalized spacial score (nSPS) is 25.3. The van der Waals surface area contributed by atoms with Crippen molar-refractivity contribution in [3.63, 3.8) is 0 Å². The molecule has 0 saturated carbocycles. The smallest absolute Gasteiger partial charge is 0.0586 e. The minimum atomic E-state index is 0.310. The van der Waals surface area contributed by atoms with Gasteiger partial charge in [0.15, 0.2) is 0 Å². The Morgan fingerprint density at radius 2 is 2.14 bits per heavy atom. The Balaban J connectivity index is 2.48. The number of piperidine rings is 1. The van der Waals surface area contributed by atoms with E-state index in [1.54, 1.807) is 0 Å². The molecule has 1 aliphatic rings. The highest BCUT2D eigenvalue weighted by Crippen LogP contribution is 2.24. The molecule has 1 N–H and O–H groups in total. The largest absolute Gasteiger partial charge is 0.395 e. The van der Waals surface area contributed by atoms with E-state index in [2.05, 4.69) is 34.7 Å². The summed E-state index contributed by atoms with van der Waals surface area (Å²) in [5.74, 6) is 0. The number of aliphatic hydroxyl groups is 1. The topological polar surface area (TPSA) is 23.5 Å². The Hall–Kier alpha value is 0.400. The molecule has 0 aromatic carbocycles. The Bertz CT molecular complexity index is 173. The minimum absolute atomic E-state index is 0.310. The molecule has 1 unspecified atom stereocenters. The van der Waals surface area contributed by atoms with Crippen LogP contribution in [0.2, 0.25) is 0 Å². The van der Waals surface area contributed by atoms with Gasteiger partial charge in [-0.2, -0.15) is 0 Å². The second-order valence-corrected chi connectivity index (χ2v) is 5.66. The first-order valence-electron chi connectivity index (χ1n) is 5.50. The van der Waals surface area contributed by atoms with Crippen LogP contribution in [0.4, 0.5) is 0 Å². The van der Waals surface area contributed by atoms with E-state index < -0.39 is 0 Å². The summed E-state index contributed by atoms with van der Waals surface area (Å²) in [7, 11) is 0. The van der Waals surface area contributed by atoms with E-state index in [1.807, 2.05) is 0 Å². The van der Waals surface area contributed by atoms with Crippen LogP contribution in [0, 0.1) is 5.41 Å². The molecule has 84 valence electrons. The molecule has 1 atom stereocenters. The highest BCUT2D eigenvalue weighted by molar-refractivity contribution is 9.09. The Morgan fingerprint density at radius 1 is 1.43 bits per heavy atom. The number of rotatable bonds is 4. The molecule has 0 aromatic heterocycles. The summed E-state index contributed by atoms with van der Waals surface area (Å²) in [5.41, 5.74) is 0.310. The maximum Gasteiger partial charge on any atom is 0.0586 e. The van der Waals surface area contributed by atoms with E-state index in [0.29, 0.717) is 18.1 Å². The van der Waals surface area contributed by atoms with Gasteiger partial charge < -0.3 is 5.11 Å². The van der Waals surface area contributed by atoms with E-state index in [1.165, 1.54) is 12.8 Å². The number of nitrogens with zero attached hydrogens (tertiary/aromatic N) is 1. The number of halogens is 1. The fourth-order valence-electron chi connectivity index (χ4n) is 2.07. The molecule has 2 nitrogen and oxygen atoms in total. The van der Waals surface area contributed by atoms with E-state index in [4.69, 9.17) is 0 Å². The minimum Gasteiger partial charge on any atom is -0.395 e. The van der Waals surface area contributed by atoms with Gasteiger partial charge in [0, 0.05) is 17.9 Å². The van der Waals surface area contributed by atoms with Gasteiger partial charge in [0.2, 0.25) is 0 Å². The van der Waals surface area contributed by atoms with Crippen molar-refractivity contribution in [3.05, 3.63) is 0 Å². The van der Waals surface area contributed by atoms with Crippen LogP contribution in [0.25, 0.3) is 0 Å². The summed E-state index contributed by atoms with van der Waals surface area (Å²) in [4.78, 5) is 2.45. The number of likely N-dealkylation sites (tertiary alicyclic amines) is 1. The fourth-order valence-corrected chi connectivity index (χ4v) is 2.24. The highest BCUT2D eigenvalue weighted by Gasteiger charge is 2.27. The van der Waals surface area contributed by atoms with E-state index >= 15 is 0 Å². The highest BCUT2D eigenvalue weighted by atomic mass is 79.9. The molecule has 0 aromatic rings. The second-order valence-electron chi connectivity index (χ2n) is 5.10. The lowest BCUT2D eigenvalue weighted by Gasteiger charge is -2.39. The molecular formula is C11H22BrNO. The standard InChI is InChI=1S/C11H22BrNO/c1-11(2,8-12)9-13-6-4-3-5-10(13)7-14/h10,14H,3-9H2,1-2H3. The van der Waals surface area contributed by atoms with Crippen LogP contribution in [0.3, 0.4) is 0 Å². The zero-order valence-electron chi connectivity index (χ0n) is 9.30. The lowest BCUT2D eigenvalue weighted by Crippen LogP contribution is -2.46. The molecule has 1 rings (SSSR count). The van der Waals surface area contributed by atoms with Gasteiger partial charge in [-0.25, -0.2) is 0 Å². The lowest BCUT2D eigenvalue weighted by molar-refractivity contribution is 0.0638. The van der Waals surface area contributed by atoms with Crippen LogP contribution >= 0.6 is 15.9 Å². The summed E-state index contributed by atoms with van der Waals surface area (Å²) in [6, 6.07) is 0.405. The number of hydrogen-bond donors (Lipinski definition) is 1. The molecule has 1 saturated heterocycles. The molecule has 3 heteroatoms. The third-order valence-electron chi connectivity index (χ3n) is 2.95. The van der Waals surface area contributed by atoms with Crippen LogP contribution in [0.15, 0.2) is 0 Å². The predicted octanol–water partition coefficient (Wildman–Crippen LogP) is 2.25. The van der Waals surface area contributed by atoms with Gasteiger partial charge in [0.05, 0.1) is 6.61 Å². The van der Waals surface area contributed by atoms with E-state index in [9.17, 15) is 5.11 Å². The van der Waals surface area contributed by atoms with Crippen molar-refractivity contribution in [2.24, 2.45) is 5.41 Å². The summed E-state index contributed by atoms with van der Waals surface area (Å²) in [6.07, 6.45) is 3.72. The van der Waals surface area contributed by atoms with Crippen molar-refractivity contribution in [3.8, 4) is 0 Å². The molecule has 0 spiro atoms. The maximum absolute atomic E-state index is 9.28. The van der Waals surface area contributed by atoms with Crippen LogP contribution in [0.1, 0.15) is 33.1 Å². The molecule has 14 heavy (non-hydrogen) atoms. The first-order valence-corrected chi connectivity index (χ1v) is 6.62. The SMILES string of the molecule is CC(C)(CBr)CN1CCCCC1CO. The Labute approximate surface area is 95.8 Å². The summed E-state index contributed by atoms with van der Waals surface area (Å²) in [5, 5.41) is 10.3. The molecule has 0 radical (unpaired) electrons. The fraction of sp³-hybridized carbons (Fsp3) is 1.00. The number of aliphatic hydroxyl groups excluding tert-OH is 1. The average molecular weight is 264 g/mol. The summed E-state index contributed by atoms with van der Waals surface area (Å²) < 4.78 is 0. The van der Waals surface area contributed by atoms with E-state index in [-0.39, 0.29) is 0 Å². The van der Waals surface area contributed by atoms with Gasteiger partial charge in [-0.3, -0.25) is 4.90 Å². The van der Waals surface area contributed by atoms with Gasteiger partial charge in [-0.15, -0.1) is 0 Å². The lowest BCUT2D eigenvalue weighted by atomic mass is 9.92. The number of hydrogen-bond acceptors (Lipinski definition) is 2. The summed E-state index contributed by atoms with van der Waals surface area (Å²) in [6.45, 7) is 7.10. The third-order valence-corrected chi connectivity index (χ3v) is 4.47. The first-order chi connectivity index (χ1) is 6.59. The average Bonchev–Trinajstić information content (AvgIpc) is 2.18.